The van der Waals surface area contributed by atoms with Gasteiger partial charge in [0.15, 0.2) is 0 Å². The molecule has 1 aliphatic rings. The SMILES string of the molecule is C=C(C)CN(CC)CC(C)=C1CNC1. The normalized spacial score (nSPS) is 15.6. The molecule has 0 atom stereocenters. The molecule has 0 aromatic heterocycles. The van der Waals surface area contributed by atoms with Crippen LogP contribution in [-0.4, -0.2) is 37.6 Å². The van der Waals surface area contributed by atoms with Gasteiger partial charge in [0.25, 0.3) is 0 Å². The summed E-state index contributed by atoms with van der Waals surface area (Å²) in [7, 11) is 0. The highest BCUT2D eigenvalue weighted by molar-refractivity contribution is 5.22. The van der Waals surface area contributed by atoms with Crippen LogP contribution in [-0.2, 0) is 0 Å². The Bertz CT molecular complexity index is 235. The number of rotatable bonds is 5. The van der Waals surface area contributed by atoms with Gasteiger partial charge in [-0.2, -0.15) is 0 Å². The first-order chi connectivity index (χ1) is 6.63. The molecule has 14 heavy (non-hydrogen) atoms. The molecule has 0 saturated carbocycles. The van der Waals surface area contributed by atoms with Crippen LogP contribution in [0.4, 0.5) is 0 Å². The van der Waals surface area contributed by atoms with Crippen molar-refractivity contribution < 1.29 is 0 Å². The van der Waals surface area contributed by atoms with Crippen LogP contribution in [0.2, 0.25) is 0 Å². The van der Waals surface area contributed by atoms with E-state index in [9.17, 15) is 0 Å². The van der Waals surface area contributed by atoms with Crippen LogP contribution in [0.1, 0.15) is 20.8 Å². The zero-order valence-electron chi connectivity index (χ0n) is 9.69. The van der Waals surface area contributed by atoms with Crippen LogP contribution in [0.3, 0.4) is 0 Å². The molecule has 0 aromatic carbocycles. The molecule has 0 radical (unpaired) electrons. The number of likely N-dealkylation sites (N-methyl/N-ethyl adjacent to an activating group) is 1. The van der Waals surface area contributed by atoms with E-state index in [4.69, 9.17) is 0 Å². The van der Waals surface area contributed by atoms with Gasteiger partial charge in [-0.05, 0) is 26.0 Å². The van der Waals surface area contributed by atoms with E-state index >= 15 is 0 Å². The van der Waals surface area contributed by atoms with Crippen molar-refractivity contribution in [2.45, 2.75) is 20.8 Å². The highest BCUT2D eigenvalue weighted by Crippen LogP contribution is 2.10. The van der Waals surface area contributed by atoms with Gasteiger partial charge in [0.05, 0.1) is 0 Å². The maximum atomic E-state index is 3.96. The first-order valence-corrected chi connectivity index (χ1v) is 5.38. The second-order valence-corrected chi connectivity index (χ2v) is 4.25. The fourth-order valence-electron chi connectivity index (χ4n) is 1.66. The zero-order chi connectivity index (χ0) is 10.6. The summed E-state index contributed by atoms with van der Waals surface area (Å²) < 4.78 is 0. The number of nitrogens with zero attached hydrogens (tertiary/aromatic N) is 1. The average molecular weight is 194 g/mol. The monoisotopic (exact) mass is 194 g/mol. The number of nitrogens with one attached hydrogen (secondary N) is 1. The Labute approximate surface area is 87.7 Å². The smallest absolute Gasteiger partial charge is 0.0197 e. The lowest BCUT2D eigenvalue weighted by atomic mass is 10.0. The summed E-state index contributed by atoms with van der Waals surface area (Å²) in [5.41, 5.74) is 4.37. The van der Waals surface area contributed by atoms with Crippen molar-refractivity contribution in [3.05, 3.63) is 23.3 Å². The Hall–Kier alpha value is -0.600. The number of hydrogen-bond donors (Lipinski definition) is 1. The molecule has 1 heterocycles. The molecular weight excluding hydrogens is 172 g/mol. The molecule has 0 amide bonds. The van der Waals surface area contributed by atoms with Crippen molar-refractivity contribution in [3.8, 4) is 0 Å². The Balaban J connectivity index is 2.43. The third-order valence-corrected chi connectivity index (χ3v) is 2.68. The molecular formula is C12H22N2. The first-order valence-electron chi connectivity index (χ1n) is 5.38. The summed E-state index contributed by atoms with van der Waals surface area (Å²) in [6.45, 7) is 15.9. The lowest BCUT2D eigenvalue weighted by Gasteiger charge is -2.26. The van der Waals surface area contributed by atoms with Gasteiger partial charge in [-0.3, -0.25) is 4.90 Å². The minimum atomic E-state index is 1.02. The van der Waals surface area contributed by atoms with E-state index in [-0.39, 0.29) is 0 Å². The van der Waals surface area contributed by atoms with E-state index in [1.807, 2.05) is 0 Å². The second kappa shape index (κ2) is 5.32. The molecule has 1 saturated heterocycles. The zero-order valence-corrected chi connectivity index (χ0v) is 9.69. The molecule has 1 fully saturated rings. The molecule has 1 N–H and O–H groups in total. The van der Waals surface area contributed by atoms with Gasteiger partial charge < -0.3 is 5.32 Å². The minimum Gasteiger partial charge on any atom is -0.309 e. The van der Waals surface area contributed by atoms with Crippen molar-refractivity contribution in [2.75, 3.05) is 32.7 Å². The Morgan fingerprint density at radius 3 is 2.36 bits per heavy atom. The fraction of sp³-hybridized carbons (Fsp3) is 0.667. The minimum absolute atomic E-state index is 1.02. The van der Waals surface area contributed by atoms with E-state index in [1.54, 1.807) is 5.57 Å². The van der Waals surface area contributed by atoms with E-state index in [0.29, 0.717) is 0 Å². The largest absolute Gasteiger partial charge is 0.309 e. The summed E-state index contributed by atoms with van der Waals surface area (Å²) in [4.78, 5) is 2.43. The van der Waals surface area contributed by atoms with Gasteiger partial charge in [-0.25, -0.2) is 0 Å². The molecule has 0 unspecified atom stereocenters. The van der Waals surface area contributed by atoms with Gasteiger partial charge in [-0.15, -0.1) is 0 Å². The van der Waals surface area contributed by atoms with Crippen molar-refractivity contribution >= 4 is 0 Å². The van der Waals surface area contributed by atoms with E-state index in [2.05, 4.69) is 37.6 Å². The van der Waals surface area contributed by atoms with Crippen molar-refractivity contribution in [3.63, 3.8) is 0 Å². The molecule has 1 aliphatic heterocycles. The summed E-state index contributed by atoms with van der Waals surface area (Å²) >= 11 is 0. The van der Waals surface area contributed by atoms with Crippen LogP contribution in [0, 0.1) is 0 Å². The van der Waals surface area contributed by atoms with Crippen molar-refractivity contribution in [2.24, 2.45) is 0 Å². The van der Waals surface area contributed by atoms with Gasteiger partial charge in [-0.1, -0.05) is 24.6 Å². The third-order valence-electron chi connectivity index (χ3n) is 2.68. The predicted octanol–water partition coefficient (Wildman–Crippen LogP) is 1.80. The quantitative estimate of drug-likeness (QED) is 0.671. The molecule has 0 aliphatic carbocycles. The standard InChI is InChI=1S/C12H22N2/c1-5-14(8-10(2)3)9-11(4)12-6-13-7-12/h13H,2,5-9H2,1,3-4H3. The van der Waals surface area contributed by atoms with Gasteiger partial charge in [0, 0.05) is 26.2 Å². The van der Waals surface area contributed by atoms with Gasteiger partial charge in [0.2, 0.25) is 0 Å². The van der Waals surface area contributed by atoms with Crippen LogP contribution in [0.25, 0.3) is 0 Å². The topological polar surface area (TPSA) is 15.3 Å². The Kier molecular flexibility index (Phi) is 4.36. The van der Waals surface area contributed by atoms with Crippen molar-refractivity contribution in [1.82, 2.24) is 10.2 Å². The van der Waals surface area contributed by atoms with Crippen molar-refractivity contribution in [1.29, 1.82) is 0 Å². The van der Waals surface area contributed by atoms with E-state index in [0.717, 1.165) is 32.7 Å². The van der Waals surface area contributed by atoms with Gasteiger partial charge >= 0.3 is 0 Å². The molecule has 0 spiro atoms. The molecule has 80 valence electrons. The van der Waals surface area contributed by atoms with Gasteiger partial charge in [0.1, 0.15) is 0 Å². The third kappa shape index (κ3) is 3.28. The first kappa shape index (κ1) is 11.5. The Morgan fingerprint density at radius 1 is 1.36 bits per heavy atom. The fourth-order valence-corrected chi connectivity index (χ4v) is 1.66. The van der Waals surface area contributed by atoms with Crippen LogP contribution in [0.15, 0.2) is 23.3 Å². The highest BCUT2D eigenvalue weighted by atomic mass is 15.1. The summed E-state index contributed by atoms with van der Waals surface area (Å²) in [5, 5.41) is 3.28. The lowest BCUT2D eigenvalue weighted by molar-refractivity contribution is 0.336. The summed E-state index contributed by atoms with van der Waals surface area (Å²) in [6, 6.07) is 0. The van der Waals surface area contributed by atoms with Crippen LogP contribution < -0.4 is 5.32 Å². The number of hydrogen-bond acceptors (Lipinski definition) is 2. The second-order valence-electron chi connectivity index (χ2n) is 4.25. The predicted molar refractivity (Wildman–Crippen MR) is 62.5 cm³/mol. The van der Waals surface area contributed by atoms with E-state index < -0.39 is 0 Å². The molecule has 0 bridgehead atoms. The molecule has 0 aromatic rings. The maximum absolute atomic E-state index is 3.96. The maximum Gasteiger partial charge on any atom is 0.0197 e. The lowest BCUT2D eigenvalue weighted by Crippen LogP contribution is -2.37. The van der Waals surface area contributed by atoms with E-state index in [1.165, 1.54) is 11.1 Å². The molecule has 2 nitrogen and oxygen atoms in total. The summed E-state index contributed by atoms with van der Waals surface area (Å²) in [6.07, 6.45) is 0. The van der Waals surface area contributed by atoms with Crippen LogP contribution >= 0.6 is 0 Å². The average Bonchev–Trinajstić information content (AvgIpc) is 1.98. The summed E-state index contributed by atoms with van der Waals surface area (Å²) in [5.74, 6) is 0. The van der Waals surface area contributed by atoms with Crippen LogP contribution in [0.5, 0.6) is 0 Å². The highest BCUT2D eigenvalue weighted by Gasteiger charge is 2.12. The molecule has 2 heteroatoms. The Morgan fingerprint density at radius 2 is 2.00 bits per heavy atom. The molecule has 1 rings (SSSR count).